The molecule has 31 heavy (non-hydrogen) atoms. The number of aromatic nitrogens is 1. The molecule has 4 nitrogen and oxygen atoms in total. The van der Waals surface area contributed by atoms with Crippen LogP contribution in [0.4, 0.5) is 5.69 Å². The van der Waals surface area contributed by atoms with Crippen molar-refractivity contribution in [3.8, 4) is 5.75 Å². The summed E-state index contributed by atoms with van der Waals surface area (Å²) in [5.74, 6) is 0.337. The highest BCUT2D eigenvalue weighted by atomic mass is 32.1. The van der Waals surface area contributed by atoms with Crippen molar-refractivity contribution < 1.29 is 9.53 Å². The molecule has 2 aromatic carbocycles. The zero-order chi connectivity index (χ0) is 21.5. The molecule has 0 amide bonds. The third kappa shape index (κ3) is 2.78. The first-order valence-corrected chi connectivity index (χ1v) is 12.1. The summed E-state index contributed by atoms with van der Waals surface area (Å²) in [5.41, 5.74) is 6.23. The van der Waals surface area contributed by atoms with E-state index >= 15 is 0 Å². The minimum atomic E-state index is -0.329. The van der Waals surface area contributed by atoms with E-state index in [1.807, 2.05) is 18.2 Å². The minimum absolute atomic E-state index is 0.0116. The van der Waals surface area contributed by atoms with E-state index in [4.69, 9.17) is 9.72 Å². The van der Waals surface area contributed by atoms with Gasteiger partial charge in [0.1, 0.15) is 16.7 Å². The summed E-state index contributed by atoms with van der Waals surface area (Å²) in [6.45, 7) is 11.5. The lowest BCUT2D eigenvalue weighted by atomic mass is 9.68. The first-order valence-electron chi connectivity index (χ1n) is 11.3. The summed E-state index contributed by atoms with van der Waals surface area (Å²) in [4.78, 5) is 20.5. The van der Waals surface area contributed by atoms with E-state index < -0.39 is 0 Å². The molecular weight excluding hydrogens is 404 g/mol. The Morgan fingerprint density at radius 3 is 2.61 bits per heavy atom. The highest BCUT2D eigenvalue weighted by Crippen LogP contribution is 2.55. The van der Waals surface area contributed by atoms with Gasteiger partial charge in [0, 0.05) is 24.3 Å². The largest absolute Gasteiger partial charge is 0.425 e. The van der Waals surface area contributed by atoms with Crippen LogP contribution in [0.15, 0.2) is 30.3 Å². The van der Waals surface area contributed by atoms with Crippen LogP contribution in [0.3, 0.4) is 0 Å². The first kappa shape index (κ1) is 19.3. The molecule has 0 saturated carbocycles. The molecule has 0 radical (unpaired) electrons. The fourth-order valence-electron chi connectivity index (χ4n) is 5.58. The van der Waals surface area contributed by atoms with Gasteiger partial charge in [0.25, 0.3) is 0 Å². The molecule has 0 aliphatic carbocycles. The smallest absolute Gasteiger partial charge is 0.321 e. The van der Waals surface area contributed by atoms with Crippen LogP contribution in [-0.4, -0.2) is 24.0 Å². The SMILES string of the molecule is CC1(C)CCN2CCC(C)(C)c3c4c(cc1c32)CC(c1nc2ccccc2s1)C(=O)O4. The number of ether oxygens (including phenoxy) is 1. The molecule has 3 aliphatic rings. The summed E-state index contributed by atoms with van der Waals surface area (Å²) >= 11 is 1.61. The van der Waals surface area contributed by atoms with Crippen molar-refractivity contribution in [2.45, 2.75) is 63.7 Å². The lowest BCUT2D eigenvalue weighted by molar-refractivity contribution is -0.137. The second kappa shape index (κ2) is 6.32. The quantitative estimate of drug-likeness (QED) is 0.365. The Morgan fingerprint density at radius 2 is 1.84 bits per heavy atom. The Hall–Kier alpha value is -2.40. The third-order valence-electron chi connectivity index (χ3n) is 7.58. The van der Waals surface area contributed by atoms with E-state index in [0.717, 1.165) is 46.9 Å². The van der Waals surface area contributed by atoms with Gasteiger partial charge in [-0.2, -0.15) is 0 Å². The molecule has 4 heterocycles. The monoisotopic (exact) mass is 432 g/mol. The van der Waals surface area contributed by atoms with Gasteiger partial charge in [-0.3, -0.25) is 4.79 Å². The highest BCUT2D eigenvalue weighted by molar-refractivity contribution is 7.18. The van der Waals surface area contributed by atoms with E-state index in [9.17, 15) is 4.79 Å². The fourth-order valence-corrected chi connectivity index (χ4v) is 6.63. The number of hydrogen-bond acceptors (Lipinski definition) is 5. The number of benzene rings is 2. The standard InChI is InChI=1S/C26H28N2O2S/c1-25(2)9-11-28-12-10-26(3,4)20-21(28)17(25)14-15-13-16(24(29)30-22(15)20)23-27-18-7-5-6-8-19(18)31-23/h5-8,14,16H,9-13H2,1-4H3. The van der Waals surface area contributed by atoms with Gasteiger partial charge in [-0.15, -0.1) is 11.3 Å². The van der Waals surface area contributed by atoms with Crippen LogP contribution in [0.1, 0.15) is 68.2 Å². The number of esters is 1. The van der Waals surface area contributed by atoms with Crippen LogP contribution < -0.4 is 9.64 Å². The van der Waals surface area contributed by atoms with Crippen molar-refractivity contribution in [1.29, 1.82) is 0 Å². The average molecular weight is 433 g/mol. The van der Waals surface area contributed by atoms with Gasteiger partial charge < -0.3 is 9.64 Å². The number of anilines is 1. The zero-order valence-corrected chi connectivity index (χ0v) is 19.4. The summed E-state index contributed by atoms with van der Waals surface area (Å²) in [7, 11) is 0. The van der Waals surface area contributed by atoms with E-state index in [1.165, 1.54) is 22.4 Å². The fraction of sp³-hybridized carbons (Fsp3) is 0.462. The van der Waals surface area contributed by atoms with Crippen molar-refractivity contribution in [1.82, 2.24) is 4.98 Å². The topological polar surface area (TPSA) is 42.4 Å². The first-order chi connectivity index (χ1) is 14.7. The Bertz CT molecular complexity index is 1200. The molecule has 1 unspecified atom stereocenters. The number of para-hydroxylation sites is 1. The molecule has 3 aliphatic heterocycles. The Morgan fingerprint density at radius 1 is 1.10 bits per heavy atom. The van der Waals surface area contributed by atoms with E-state index in [-0.39, 0.29) is 22.7 Å². The molecule has 0 N–H and O–H groups in total. The van der Waals surface area contributed by atoms with Crippen LogP contribution in [0, 0.1) is 0 Å². The average Bonchev–Trinajstić information content (AvgIpc) is 3.15. The normalized spacial score (nSPS) is 23.3. The summed E-state index contributed by atoms with van der Waals surface area (Å²) in [5, 5.41) is 0.864. The number of thiazole rings is 1. The maximum atomic E-state index is 13.2. The highest BCUT2D eigenvalue weighted by Gasteiger charge is 2.45. The number of hydrogen-bond donors (Lipinski definition) is 0. The molecular formula is C26H28N2O2S. The van der Waals surface area contributed by atoms with E-state index in [0.29, 0.717) is 6.42 Å². The molecule has 3 aromatic rings. The van der Waals surface area contributed by atoms with E-state index in [2.05, 4.69) is 44.7 Å². The van der Waals surface area contributed by atoms with Crippen LogP contribution in [0.5, 0.6) is 5.75 Å². The van der Waals surface area contributed by atoms with Gasteiger partial charge in [0.05, 0.1) is 10.2 Å². The van der Waals surface area contributed by atoms with Crippen molar-refractivity contribution in [2.75, 3.05) is 18.0 Å². The van der Waals surface area contributed by atoms with Crippen molar-refractivity contribution in [2.24, 2.45) is 0 Å². The maximum Gasteiger partial charge on any atom is 0.321 e. The van der Waals surface area contributed by atoms with Gasteiger partial charge in [-0.05, 0) is 59.4 Å². The number of fused-ring (bicyclic) bond motifs is 3. The summed E-state index contributed by atoms with van der Waals surface area (Å²) in [6.07, 6.45) is 2.90. The van der Waals surface area contributed by atoms with Crippen LogP contribution in [-0.2, 0) is 22.0 Å². The van der Waals surface area contributed by atoms with Gasteiger partial charge in [-0.25, -0.2) is 4.98 Å². The molecule has 0 bridgehead atoms. The predicted molar refractivity (Wildman–Crippen MR) is 126 cm³/mol. The Balaban J connectivity index is 1.53. The zero-order valence-electron chi connectivity index (χ0n) is 18.6. The predicted octanol–water partition coefficient (Wildman–Crippen LogP) is 5.71. The second-order valence-electron chi connectivity index (χ2n) is 10.6. The molecule has 0 fully saturated rings. The Labute approximate surface area is 187 Å². The summed E-state index contributed by atoms with van der Waals surface area (Å²) in [6, 6.07) is 10.4. The molecule has 1 aromatic heterocycles. The van der Waals surface area contributed by atoms with E-state index in [1.54, 1.807) is 11.3 Å². The molecule has 5 heteroatoms. The molecule has 160 valence electrons. The number of nitrogens with zero attached hydrogens (tertiary/aromatic N) is 2. The van der Waals surface area contributed by atoms with Crippen LogP contribution >= 0.6 is 11.3 Å². The van der Waals surface area contributed by atoms with Crippen LogP contribution in [0.25, 0.3) is 10.2 Å². The van der Waals surface area contributed by atoms with Gasteiger partial charge in [-0.1, -0.05) is 39.8 Å². The van der Waals surface area contributed by atoms with Crippen LogP contribution in [0.2, 0.25) is 0 Å². The summed E-state index contributed by atoms with van der Waals surface area (Å²) < 4.78 is 7.29. The molecule has 6 rings (SSSR count). The number of rotatable bonds is 1. The number of carbonyl (C=O) groups is 1. The van der Waals surface area contributed by atoms with Crippen molar-refractivity contribution in [3.05, 3.63) is 52.0 Å². The molecule has 0 spiro atoms. The number of carbonyl (C=O) groups excluding carboxylic acids is 1. The lowest BCUT2D eigenvalue weighted by Gasteiger charge is -2.49. The van der Waals surface area contributed by atoms with Gasteiger partial charge in [0.15, 0.2) is 0 Å². The molecule has 0 saturated heterocycles. The third-order valence-corrected chi connectivity index (χ3v) is 8.73. The van der Waals surface area contributed by atoms with Gasteiger partial charge in [0.2, 0.25) is 0 Å². The second-order valence-corrected chi connectivity index (χ2v) is 11.7. The van der Waals surface area contributed by atoms with Gasteiger partial charge >= 0.3 is 5.97 Å². The maximum absolute atomic E-state index is 13.2. The minimum Gasteiger partial charge on any atom is -0.425 e. The Kier molecular flexibility index (Phi) is 3.93. The lowest BCUT2D eigenvalue weighted by Crippen LogP contribution is -2.45. The molecule has 1 atom stereocenters. The van der Waals surface area contributed by atoms with Crippen molar-refractivity contribution in [3.63, 3.8) is 0 Å². The van der Waals surface area contributed by atoms with Crippen molar-refractivity contribution >= 4 is 33.2 Å².